The molecule has 22 heavy (non-hydrogen) atoms. The molecule has 2 atom stereocenters. The highest BCUT2D eigenvalue weighted by atomic mass is 32.2. The summed E-state index contributed by atoms with van der Waals surface area (Å²) in [5.41, 5.74) is 0.862. The summed E-state index contributed by atoms with van der Waals surface area (Å²) >= 11 is 1.96. The molecule has 2 heterocycles. The van der Waals surface area contributed by atoms with Crippen LogP contribution in [0.5, 0.6) is 0 Å². The van der Waals surface area contributed by atoms with Gasteiger partial charge in [-0.1, -0.05) is 6.07 Å². The minimum atomic E-state index is 0.513. The van der Waals surface area contributed by atoms with Gasteiger partial charge in [-0.3, -0.25) is 9.39 Å². The number of rotatable bonds is 4. The van der Waals surface area contributed by atoms with Crippen LogP contribution in [-0.2, 0) is 6.54 Å². The molecular formula is C15H22N6S. The van der Waals surface area contributed by atoms with E-state index in [-0.39, 0.29) is 0 Å². The fourth-order valence-corrected chi connectivity index (χ4v) is 3.64. The Labute approximate surface area is 134 Å². The molecule has 0 amide bonds. The van der Waals surface area contributed by atoms with Crippen LogP contribution < -0.4 is 10.6 Å². The minimum absolute atomic E-state index is 0.513. The molecule has 0 saturated heterocycles. The number of hydrogen-bond donors (Lipinski definition) is 2. The number of nitrogens with one attached hydrogen (secondary N) is 2. The Morgan fingerprint density at radius 2 is 2.32 bits per heavy atom. The van der Waals surface area contributed by atoms with Gasteiger partial charge in [0.2, 0.25) is 0 Å². The molecule has 1 saturated carbocycles. The van der Waals surface area contributed by atoms with Crippen LogP contribution in [-0.4, -0.2) is 45.2 Å². The van der Waals surface area contributed by atoms with Gasteiger partial charge >= 0.3 is 0 Å². The second kappa shape index (κ2) is 7.00. The smallest absolute Gasteiger partial charge is 0.191 e. The summed E-state index contributed by atoms with van der Waals surface area (Å²) in [6, 6.07) is 6.40. The maximum absolute atomic E-state index is 4.31. The fraction of sp³-hybridized carbons (Fsp3) is 0.533. The second-order valence-electron chi connectivity index (χ2n) is 5.48. The first-order valence-electron chi connectivity index (χ1n) is 7.58. The van der Waals surface area contributed by atoms with E-state index < -0.39 is 0 Å². The zero-order chi connectivity index (χ0) is 15.4. The molecule has 1 fully saturated rings. The summed E-state index contributed by atoms with van der Waals surface area (Å²) in [4.78, 5) is 4.31. The summed E-state index contributed by atoms with van der Waals surface area (Å²) in [6.07, 6.45) is 7.86. The quantitative estimate of drug-likeness (QED) is 0.663. The van der Waals surface area contributed by atoms with Gasteiger partial charge in [-0.2, -0.15) is 11.8 Å². The van der Waals surface area contributed by atoms with Crippen LogP contribution in [0.2, 0.25) is 0 Å². The first-order chi connectivity index (χ1) is 10.8. The monoisotopic (exact) mass is 318 g/mol. The molecule has 2 aromatic rings. The number of nitrogens with zero attached hydrogens (tertiary/aromatic N) is 4. The van der Waals surface area contributed by atoms with E-state index >= 15 is 0 Å². The van der Waals surface area contributed by atoms with Crippen molar-refractivity contribution in [2.75, 3.05) is 13.3 Å². The topological polar surface area (TPSA) is 66.6 Å². The number of aliphatic imine (C=N–C) groups is 1. The highest BCUT2D eigenvalue weighted by Gasteiger charge is 2.24. The molecule has 0 radical (unpaired) electrons. The van der Waals surface area contributed by atoms with Crippen LogP contribution in [0, 0.1) is 0 Å². The molecule has 0 aliphatic heterocycles. The zero-order valence-corrected chi connectivity index (χ0v) is 13.8. The van der Waals surface area contributed by atoms with Gasteiger partial charge in [0.15, 0.2) is 17.4 Å². The summed E-state index contributed by atoms with van der Waals surface area (Å²) in [5, 5.41) is 16.0. The molecule has 2 unspecified atom stereocenters. The predicted molar refractivity (Wildman–Crippen MR) is 91.3 cm³/mol. The molecule has 0 aromatic carbocycles. The molecular weight excluding hydrogens is 296 g/mol. The van der Waals surface area contributed by atoms with Crippen LogP contribution in [0.4, 0.5) is 0 Å². The largest absolute Gasteiger partial charge is 0.354 e. The third-order valence-electron chi connectivity index (χ3n) is 4.08. The van der Waals surface area contributed by atoms with Crippen molar-refractivity contribution >= 4 is 23.4 Å². The highest BCUT2D eigenvalue weighted by molar-refractivity contribution is 7.99. The molecule has 7 heteroatoms. The number of aromatic nitrogens is 3. The fourth-order valence-electron chi connectivity index (χ4n) is 2.85. The maximum atomic E-state index is 4.31. The third-order valence-corrected chi connectivity index (χ3v) is 5.18. The Morgan fingerprint density at radius 1 is 1.41 bits per heavy atom. The number of hydrogen-bond acceptors (Lipinski definition) is 4. The van der Waals surface area contributed by atoms with E-state index in [1.165, 1.54) is 19.3 Å². The highest BCUT2D eigenvalue weighted by Crippen LogP contribution is 2.27. The standard InChI is InChI=1S/C15H22N6S/c1-16-15(18-11-6-7-12(9-11)22-2)17-10-14-20-19-13-5-3-4-8-21(13)14/h3-5,8,11-12H,6-7,9-10H2,1-2H3,(H2,16,17,18). The summed E-state index contributed by atoms with van der Waals surface area (Å²) < 4.78 is 1.99. The first kappa shape index (κ1) is 15.1. The average Bonchev–Trinajstić information content (AvgIpc) is 3.18. The Hall–Kier alpha value is -1.76. The van der Waals surface area contributed by atoms with Crippen molar-refractivity contribution in [2.45, 2.75) is 37.1 Å². The van der Waals surface area contributed by atoms with Crippen molar-refractivity contribution in [1.29, 1.82) is 0 Å². The molecule has 118 valence electrons. The van der Waals surface area contributed by atoms with E-state index in [2.05, 4.69) is 32.1 Å². The first-order valence-corrected chi connectivity index (χ1v) is 8.87. The molecule has 0 spiro atoms. The van der Waals surface area contributed by atoms with Gasteiger partial charge in [0.1, 0.15) is 0 Å². The van der Waals surface area contributed by atoms with Crippen molar-refractivity contribution in [1.82, 2.24) is 25.2 Å². The Balaban J connectivity index is 1.57. The number of guanidine groups is 1. The van der Waals surface area contributed by atoms with Crippen molar-refractivity contribution in [3.63, 3.8) is 0 Å². The van der Waals surface area contributed by atoms with Gasteiger partial charge in [0, 0.05) is 24.5 Å². The molecule has 3 rings (SSSR count). The van der Waals surface area contributed by atoms with Gasteiger partial charge in [-0.25, -0.2) is 0 Å². The van der Waals surface area contributed by atoms with Crippen molar-refractivity contribution in [3.8, 4) is 0 Å². The van der Waals surface area contributed by atoms with Gasteiger partial charge in [-0.15, -0.1) is 10.2 Å². The normalized spacial score (nSPS) is 22.2. The number of thioether (sulfide) groups is 1. The van der Waals surface area contributed by atoms with Gasteiger partial charge in [-0.05, 0) is 37.7 Å². The van der Waals surface area contributed by atoms with Crippen molar-refractivity contribution in [2.24, 2.45) is 4.99 Å². The predicted octanol–water partition coefficient (Wildman–Crippen LogP) is 1.68. The van der Waals surface area contributed by atoms with Crippen LogP contribution in [0.15, 0.2) is 29.4 Å². The Kier molecular flexibility index (Phi) is 4.82. The van der Waals surface area contributed by atoms with E-state index in [9.17, 15) is 0 Å². The Morgan fingerprint density at radius 3 is 3.09 bits per heavy atom. The van der Waals surface area contributed by atoms with E-state index in [1.54, 1.807) is 7.05 Å². The molecule has 2 N–H and O–H groups in total. The molecule has 2 aromatic heterocycles. The molecule has 1 aliphatic rings. The lowest BCUT2D eigenvalue weighted by molar-refractivity contribution is 0.612. The van der Waals surface area contributed by atoms with E-state index in [1.807, 2.05) is 40.6 Å². The zero-order valence-electron chi connectivity index (χ0n) is 13.0. The van der Waals surface area contributed by atoms with E-state index in [4.69, 9.17) is 0 Å². The number of pyridine rings is 1. The summed E-state index contributed by atoms with van der Waals surface area (Å²) in [6.45, 7) is 0.601. The van der Waals surface area contributed by atoms with Crippen molar-refractivity contribution < 1.29 is 0 Å². The van der Waals surface area contributed by atoms with Gasteiger partial charge < -0.3 is 10.6 Å². The summed E-state index contributed by atoms with van der Waals surface area (Å²) in [5.74, 6) is 1.71. The van der Waals surface area contributed by atoms with Crippen LogP contribution in [0.25, 0.3) is 5.65 Å². The molecule has 1 aliphatic carbocycles. The maximum Gasteiger partial charge on any atom is 0.191 e. The van der Waals surface area contributed by atoms with E-state index in [0.29, 0.717) is 12.6 Å². The van der Waals surface area contributed by atoms with Crippen LogP contribution in [0.1, 0.15) is 25.1 Å². The lowest BCUT2D eigenvalue weighted by atomic mass is 10.2. The molecule has 6 nitrogen and oxygen atoms in total. The van der Waals surface area contributed by atoms with Crippen molar-refractivity contribution in [3.05, 3.63) is 30.2 Å². The van der Waals surface area contributed by atoms with E-state index in [0.717, 1.165) is 22.7 Å². The Bertz CT molecular complexity index is 652. The van der Waals surface area contributed by atoms with Crippen LogP contribution in [0.3, 0.4) is 0 Å². The third kappa shape index (κ3) is 3.35. The number of fused-ring (bicyclic) bond motifs is 1. The lowest BCUT2D eigenvalue weighted by Gasteiger charge is -2.17. The van der Waals surface area contributed by atoms with Gasteiger partial charge in [0.05, 0.1) is 6.54 Å². The average molecular weight is 318 g/mol. The second-order valence-corrected chi connectivity index (χ2v) is 6.62. The SMILES string of the molecule is CN=C(NCc1nnc2ccccn12)NC1CCC(SC)C1. The van der Waals surface area contributed by atoms with Gasteiger partial charge in [0.25, 0.3) is 0 Å². The minimum Gasteiger partial charge on any atom is -0.354 e. The lowest BCUT2D eigenvalue weighted by Crippen LogP contribution is -2.42. The summed E-state index contributed by atoms with van der Waals surface area (Å²) in [7, 11) is 1.80. The van der Waals surface area contributed by atoms with Crippen LogP contribution >= 0.6 is 11.8 Å². The molecule has 0 bridgehead atoms.